The molecular weight excluding hydrogens is 236 g/mol. The van der Waals surface area contributed by atoms with Gasteiger partial charge in [-0.1, -0.05) is 47.5 Å². The van der Waals surface area contributed by atoms with Crippen molar-refractivity contribution >= 4 is 8.24 Å². The van der Waals surface area contributed by atoms with E-state index in [9.17, 15) is 0 Å². The minimum Gasteiger partial charge on any atom is -0.323 e. The van der Waals surface area contributed by atoms with Crippen molar-refractivity contribution in [3.63, 3.8) is 0 Å². The molecule has 1 rings (SSSR count). The first-order valence-electron chi connectivity index (χ1n) is 8.19. The monoisotopic (exact) mass is 270 g/mol. The van der Waals surface area contributed by atoms with Crippen LogP contribution in [0, 0.1) is 0 Å². The van der Waals surface area contributed by atoms with Gasteiger partial charge in [0, 0.05) is 5.67 Å². The summed E-state index contributed by atoms with van der Waals surface area (Å²) < 4.78 is 2.88. The summed E-state index contributed by atoms with van der Waals surface area (Å²) in [5, 5.41) is 0. The number of nitrogens with zero attached hydrogens (tertiary/aromatic N) is 2. The van der Waals surface area contributed by atoms with Gasteiger partial charge < -0.3 is 9.47 Å². The van der Waals surface area contributed by atoms with Crippen LogP contribution in [-0.4, -0.2) is 49.5 Å². The lowest BCUT2D eigenvalue weighted by Crippen LogP contribution is -2.67. The minimum atomic E-state index is -1.26. The van der Waals surface area contributed by atoms with Crippen LogP contribution in [0.4, 0.5) is 0 Å². The maximum absolute atomic E-state index is 2.88. The standard InChI is InChI=1S/C15H34N2Si/c1-6-16(7-2)15-13-11-12-14-18(15,10-5)17(8-3)9-4/h15H,6-14H2,1-5H3. The number of hydrogen-bond donors (Lipinski definition) is 0. The highest BCUT2D eigenvalue weighted by molar-refractivity contribution is 6.78. The van der Waals surface area contributed by atoms with E-state index in [1.165, 1.54) is 57.5 Å². The van der Waals surface area contributed by atoms with Gasteiger partial charge in [-0.05, 0) is 44.7 Å². The zero-order valence-corrected chi connectivity index (χ0v) is 14.3. The molecule has 0 spiro atoms. The molecule has 0 saturated carbocycles. The van der Waals surface area contributed by atoms with Crippen molar-refractivity contribution in [3.8, 4) is 0 Å². The van der Waals surface area contributed by atoms with Crippen LogP contribution in [-0.2, 0) is 0 Å². The van der Waals surface area contributed by atoms with Crippen LogP contribution in [0.25, 0.3) is 0 Å². The predicted octanol–water partition coefficient (Wildman–Crippen LogP) is 3.73. The van der Waals surface area contributed by atoms with Gasteiger partial charge in [-0.25, -0.2) is 0 Å². The van der Waals surface area contributed by atoms with Gasteiger partial charge in [0.2, 0.25) is 0 Å². The third-order valence-corrected chi connectivity index (χ3v) is 11.4. The van der Waals surface area contributed by atoms with Gasteiger partial charge in [0.25, 0.3) is 0 Å². The molecule has 1 heterocycles. The Kier molecular flexibility index (Phi) is 6.89. The fourth-order valence-corrected chi connectivity index (χ4v) is 10.5. The highest BCUT2D eigenvalue weighted by atomic mass is 28.3. The highest BCUT2D eigenvalue weighted by Gasteiger charge is 2.47. The summed E-state index contributed by atoms with van der Waals surface area (Å²) in [7, 11) is -1.26. The maximum Gasteiger partial charge on any atom is 0.145 e. The van der Waals surface area contributed by atoms with Gasteiger partial charge in [-0.2, -0.15) is 0 Å². The van der Waals surface area contributed by atoms with Crippen molar-refractivity contribution in [1.29, 1.82) is 0 Å². The molecule has 1 fully saturated rings. The SMILES string of the molecule is CCN(CC)C1CCCC[Si]1(CC)N(CC)CC. The van der Waals surface area contributed by atoms with E-state index >= 15 is 0 Å². The Morgan fingerprint density at radius 3 is 1.94 bits per heavy atom. The lowest BCUT2D eigenvalue weighted by atomic mass is 10.2. The predicted molar refractivity (Wildman–Crippen MR) is 84.5 cm³/mol. The minimum absolute atomic E-state index is 0.908. The van der Waals surface area contributed by atoms with Crippen LogP contribution in [0.3, 0.4) is 0 Å². The summed E-state index contributed by atoms with van der Waals surface area (Å²) in [6, 6.07) is 2.97. The van der Waals surface area contributed by atoms with Crippen LogP contribution in [0.5, 0.6) is 0 Å². The molecule has 0 aromatic heterocycles. The zero-order valence-electron chi connectivity index (χ0n) is 13.3. The van der Waals surface area contributed by atoms with Gasteiger partial charge in [0.05, 0.1) is 0 Å². The Labute approximate surface area is 116 Å². The Morgan fingerprint density at radius 1 is 0.889 bits per heavy atom. The van der Waals surface area contributed by atoms with Gasteiger partial charge in [-0.15, -0.1) is 0 Å². The molecule has 0 bridgehead atoms. The van der Waals surface area contributed by atoms with Gasteiger partial charge >= 0.3 is 0 Å². The summed E-state index contributed by atoms with van der Waals surface area (Å²) >= 11 is 0. The third-order valence-electron chi connectivity index (χ3n) is 5.22. The van der Waals surface area contributed by atoms with Gasteiger partial charge in [-0.3, -0.25) is 0 Å². The van der Waals surface area contributed by atoms with Crippen molar-refractivity contribution in [2.24, 2.45) is 0 Å². The number of rotatable bonds is 7. The Hall–Kier alpha value is 0.137. The van der Waals surface area contributed by atoms with E-state index in [4.69, 9.17) is 0 Å². The normalized spacial score (nSPS) is 29.2. The average Bonchev–Trinajstić information content (AvgIpc) is 2.43. The molecule has 2 atom stereocenters. The van der Waals surface area contributed by atoms with Crippen molar-refractivity contribution in [2.75, 3.05) is 26.2 Å². The van der Waals surface area contributed by atoms with Gasteiger partial charge in [0.15, 0.2) is 0 Å². The van der Waals surface area contributed by atoms with Crippen molar-refractivity contribution < 1.29 is 0 Å². The van der Waals surface area contributed by atoms with Crippen LogP contribution < -0.4 is 0 Å². The molecule has 0 amide bonds. The first-order chi connectivity index (χ1) is 8.69. The number of hydrogen-bond acceptors (Lipinski definition) is 2. The van der Waals surface area contributed by atoms with Crippen LogP contribution in [0.1, 0.15) is 53.9 Å². The fraction of sp³-hybridized carbons (Fsp3) is 1.00. The first kappa shape index (κ1) is 16.2. The molecule has 1 aliphatic heterocycles. The summed E-state index contributed by atoms with van der Waals surface area (Å²) in [6.45, 7) is 16.9. The molecule has 18 heavy (non-hydrogen) atoms. The van der Waals surface area contributed by atoms with E-state index in [-0.39, 0.29) is 0 Å². The second-order valence-electron chi connectivity index (χ2n) is 5.61. The largest absolute Gasteiger partial charge is 0.323 e. The van der Waals surface area contributed by atoms with E-state index in [0.29, 0.717) is 0 Å². The molecule has 0 aromatic rings. The molecule has 3 heteroatoms. The molecular formula is C15H34N2Si. The summed E-state index contributed by atoms with van der Waals surface area (Å²) in [5.41, 5.74) is 0.908. The third kappa shape index (κ3) is 2.99. The Balaban J connectivity index is 3.01. The molecule has 0 radical (unpaired) electrons. The summed E-state index contributed by atoms with van der Waals surface area (Å²) in [5.74, 6) is 0. The Morgan fingerprint density at radius 2 is 1.50 bits per heavy atom. The first-order valence-corrected chi connectivity index (χ1v) is 10.6. The fourth-order valence-electron chi connectivity index (χ4n) is 4.25. The van der Waals surface area contributed by atoms with Crippen LogP contribution >= 0.6 is 0 Å². The van der Waals surface area contributed by atoms with Crippen molar-refractivity contribution in [3.05, 3.63) is 0 Å². The zero-order chi connectivity index (χ0) is 13.6. The van der Waals surface area contributed by atoms with E-state index in [1.807, 2.05) is 0 Å². The molecule has 1 aliphatic rings. The molecule has 1 saturated heterocycles. The van der Waals surface area contributed by atoms with E-state index in [0.717, 1.165) is 5.67 Å². The van der Waals surface area contributed by atoms with E-state index in [2.05, 4.69) is 44.1 Å². The molecule has 0 N–H and O–H groups in total. The van der Waals surface area contributed by atoms with Crippen LogP contribution in [0.2, 0.25) is 12.1 Å². The van der Waals surface area contributed by atoms with E-state index in [1.54, 1.807) is 0 Å². The van der Waals surface area contributed by atoms with Gasteiger partial charge in [0.1, 0.15) is 8.24 Å². The Bertz CT molecular complexity index is 227. The summed E-state index contributed by atoms with van der Waals surface area (Å²) in [4.78, 5) is 2.77. The molecule has 108 valence electrons. The van der Waals surface area contributed by atoms with E-state index < -0.39 is 8.24 Å². The maximum atomic E-state index is 2.88. The second kappa shape index (κ2) is 7.66. The van der Waals surface area contributed by atoms with Crippen molar-refractivity contribution in [1.82, 2.24) is 9.47 Å². The second-order valence-corrected chi connectivity index (χ2v) is 10.3. The highest BCUT2D eigenvalue weighted by Crippen LogP contribution is 2.36. The molecule has 2 nitrogen and oxygen atoms in total. The smallest absolute Gasteiger partial charge is 0.145 e. The average molecular weight is 271 g/mol. The summed E-state index contributed by atoms with van der Waals surface area (Å²) in [6.07, 6.45) is 4.39. The van der Waals surface area contributed by atoms with Crippen LogP contribution in [0.15, 0.2) is 0 Å². The molecule has 0 aromatic carbocycles. The van der Waals surface area contributed by atoms with Crippen molar-refractivity contribution in [2.45, 2.75) is 71.6 Å². The molecule has 0 aliphatic carbocycles. The topological polar surface area (TPSA) is 6.48 Å². The lowest BCUT2D eigenvalue weighted by Gasteiger charge is -2.52. The quantitative estimate of drug-likeness (QED) is 0.651. The molecule has 2 unspecified atom stereocenters. The lowest BCUT2D eigenvalue weighted by molar-refractivity contribution is 0.228.